The molecule has 0 spiro atoms. The predicted molar refractivity (Wildman–Crippen MR) is 68.3 cm³/mol. The van der Waals surface area contributed by atoms with Crippen molar-refractivity contribution in [2.45, 2.75) is 38.5 Å². The number of aliphatic hydroxyl groups excluding tert-OH is 1. The van der Waals surface area contributed by atoms with Crippen molar-refractivity contribution in [2.24, 2.45) is 0 Å². The number of thioether (sulfide) groups is 1. The quantitative estimate of drug-likeness (QED) is 0.872. The van der Waals surface area contributed by atoms with Crippen LogP contribution in [0.15, 0.2) is 18.2 Å². The summed E-state index contributed by atoms with van der Waals surface area (Å²) in [5.41, 5.74) is 1.63. The molecule has 0 radical (unpaired) electrons. The summed E-state index contributed by atoms with van der Waals surface area (Å²) < 4.78 is 13.2. The van der Waals surface area contributed by atoms with Gasteiger partial charge in [0.05, 0.1) is 6.10 Å². The number of hydrogen-bond donors (Lipinski definition) is 1. The third kappa shape index (κ3) is 4.14. The lowest BCUT2D eigenvalue weighted by Gasteiger charge is -2.21. The van der Waals surface area contributed by atoms with E-state index in [2.05, 4.69) is 20.8 Å². The van der Waals surface area contributed by atoms with Crippen LogP contribution in [0.5, 0.6) is 0 Å². The van der Waals surface area contributed by atoms with E-state index in [1.807, 2.05) is 6.92 Å². The van der Waals surface area contributed by atoms with Gasteiger partial charge in [0.1, 0.15) is 5.82 Å². The Hall–Kier alpha value is -0.540. The third-order valence-corrected chi connectivity index (χ3v) is 3.62. The van der Waals surface area contributed by atoms with Crippen LogP contribution in [0.4, 0.5) is 4.39 Å². The second kappa shape index (κ2) is 5.19. The summed E-state index contributed by atoms with van der Waals surface area (Å²) in [5, 5.41) is 10.0. The lowest BCUT2D eigenvalue weighted by atomic mass is 10.0. The van der Waals surface area contributed by atoms with Crippen molar-refractivity contribution in [1.82, 2.24) is 0 Å². The monoisotopic (exact) mass is 242 g/mol. The van der Waals surface area contributed by atoms with Gasteiger partial charge in [-0.15, -0.1) is 0 Å². The van der Waals surface area contributed by atoms with Gasteiger partial charge in [0.2, 0.25) is 0 Å². The minimum Gasteiger partial charge on any atom is -0.388 e. The molecule has 1 aromatic carbocycles. The minimum atomic E-state index is -0.597. The summed E-state index contributed by atoms with van der Waals surface area (Å²) >= 11 is 1.68. The Bertz CT molecular complexity index is 357. The standard InChI is InChI=1S/C13H19FOS/c1-9-5-6-10(14)7-11(9)12(15)8-16-13(2,3)4/h5-7,12,15H,8H2,1-4H3. The van der Waals surface area contributed by atoms with Crippen LogP contribution in [0.3, 0.4) is 0 Å². The highest BCUT2D eigenvalue weighted by Crippen LogP contribution is 2.29. The first kappa shape index (κ1) is 13.5. The normalized spacial score (nSPS) is 13.9. The molecule has 3 heteroatoms. The zero-order chi connectivity index (χ0) is 12.3. The molecule has 1 nitrogen and oxygen atoms in total. The van der Waals surface area contributed by atoms with Gasteiger partial charge in [-0.3, -0.25) is 0 Å². The van der Waals surface area contributed by atoms with Gasteiger partial charge in [-0.1, -0.05) is 26.8 Å². The molecule has 0 amide bonds. The van der Waals surface area contributed by atoms with Crippen molar-refractivity contribution < 1.29 is 9.50 Å². The first-order chi connectivity index (χ1) is 7.29. The van der Waals surface area contributed by atoms with Crippen LogP contribution in [0, 0.1) is 12.7 Å². The van der Waals surface area contributed by atoms with Gasteiger partial charge in [-0.25, -0.2) is 4.39 Å². The Labute approximate surface area is 101 Å². The molecule has 16 heavy (non-hydrogen) atoms. The van der Waals surface area contributed by atoms with Crippen molar-refractivity contribution in [3.63, 3.8) is 0 Å². The zero-order valence-corrected chi connectivity index (χ0v) is 11.1. The minimum absolute atomic E-state index is 0.113. The molecule has 0 saturated carbocycles. The third-order valence-electron chi connectivity index (χ3n) is 2.27. The van der Waals surface area contributed by atoms with E-state index in [1.165, 1.54) is 12.1 Å². The van der Waals surface area contributed by atoms with Gasteiger partial charge >= 0.3 is 0 Å². The van der Waals surface area contributed by atoms with E-state index < -0.39 is 6.10 Å². The van der Waals surface area contributed by atoms with Gasteiger partial charge in [0.25, 0.3) is 0 Å². The molecular weight excluding hydrogens is 223 g/mol. The van der Waals surface area contributed by atoms with Crippen LogP contribution in [-0.4, -0.2) is 15.6 Å². The molecule has 0 aliphatic carbocycles. The highest BCUT2D eigenvalue weighted by atomic mass is 32.2. The highest BCUT2D eigenvalue weighted by Gasteiger charge is 2.16. The summed E-state index contributed by atoms with van der Waals surface area (Å²) in [7, 11) is 0. The van der Waals surface area contributed by atoms with E-state index in [9.17, 15) is 9.50 Å². The van der Waals surface area contributed by atoms with Crippen LogP contribution < -0.4 is 0 Å². The van der Waals surface area contributed by atoms with Crippen molar-refractivity contribution in [2.75, 3.05) is 5.75 Å². The lowest BCUT2D eigenvalue weighted by molar-refractivity contribution is 0.202. The molecule has 1 N–H and O–H groups in total. The molecule has 0 aromatic heterocycles. The molecule has 1 atom stereocenters. The lowest BCUT2D eigenvalue weighted by Crippen LogP contribution is -2.12. The van der Waals surface area contributed by atoms with Crippen LogP contribution in [0.1, 0.15) is 38.0 Å². The Morgan fingerprint density at radius 1 is 1.38 bits per heavy atom. The summed E-state index contributed by atoms with van der Waals surface area (Å²) in [4.78, 5) is 0. The van der Waals surface area contributed by atoms with Gasteiger partial charge in [0, 0.05) is 10.5 Å². The number of rotatable bonds is 3. The first-order valence-electron chi connectivity index (χ1n) is 5.37. The first-order valence-corrected chi connectivity index (χ1v) is 6.36. The summed E-state index contributed by atoms with van der Waals surface area (Å²) in [6.45, 7) is 8.19. The predicted octanol–water partition coefficient (Wildman–Crippen LogP) is 3.70. The van der Waals surface area contributed by atoms with E-state index in [0.29, 0.717) is 11.3 Å². The zero-order valence-electron chi connectivity index (χ0n) is 10.2. The molecule has 90 valence electrons. The Balaban J connectivity index is 2.73. The topological polar surface area (TPSA) is 20.2 Å². The Morgan fingerprint density at radius 3 is 2.56 bits per heavy atom. The average Bonchev–Trinajstić information content (AvgIpc) is 2.17. The maximum atomic E-state index is 13.1. The molecular formula is C13H19FOS. The van der Waals surface area contributed by atoms with E-state index in [-0.39, 0.29) is 10.6 Å². The molecule has 0 aliphatic rings. The Morgan fingerprint density at radius 2 is 2.00 bits per heavy atom. The molecule has 0 aliphatic heterocycles. The number of halogens is 1. The largest absolute Gasteiger partial charge is 0.388 e. The van der Waals surface area contributed by atoms with Crippen LogP contribution >= 0.6 is 11.8 Å². The fourth-order valence-corrected chi connectivity index (χ4v) is 2.23. The van der Waals surface area contributed by atoms with Crippen molar-refractivity contribution in [1.29, 1.82) is 0 Å². The number of hydrogen-bond acceptors (Lipinski definition) is 2. The van der Waals surface area contributed by atoms with E-state index in [4.69, 9.17) is 0 Å². The molecule has 1 rings (SSSR count). The smallest absolute Gasteiger partial charge is 0.123 e. The molecule has 1 unspecified atom stereocenters. The highest BCUT2D eigenvalue weighted by molar-refractivity contribution is 8.00. The van der Waals surface area contributed by atoms with E-state index in [1.54, 1.807) is 17.8 Å². The fourth-order valence-electron chi connectivity index (χ4n) is 1.39. The Kier molecular flexibility index (Phi) is 4.39. The summed E-state index contributed by atoms with van der Waals surface area (Å²) in [5.74, 6) is 0.300. The van der Waals surface area contributed by atoms with Crippen molar-refractivity contribution in [3.8, 4) is 0 Å². The maximum Gasteiger partial charge on any atom is 0.123 e. The van der Waals surface area contributed by atoms with Crippen LogP contribution in [0.25, 0.3) is 0 Å². The maximum absolute atomic E-state index is 13.1. The fraction of sp³-hybridized carbons (Fsp3) is 0.538. The molecule has 0 heterocycles. The molecule has 0 bridgehead atoms. The SMILES string of the molecule is Cc1ccc(F)cc1C(O)CSC(C)(C)C. The number of benzene rings is 1. The van der Waals surface area contributed by atoms with Gasteiger partial charge in [-0.05, 0) is 30.2 Å². The number of aliphatic hydroxyl groups is 1. The van der Waals surface area contributed by atoms with Gasteiger partial charge in [0.15, 0.2) is 0 Å². The van der Waals surface area contributed by atoms with Crippen molar-refractivity contribution >= 4 is 11.8 Å². The van der Waals surface area contributed by atoms with E-state index in [0.717, 1.165) is 5.56 Å². The second-order valence-corrected chi connectivity index (χ2v) is 6.79. The molecule has 0 fully saturated rings. The molecule has 1 aromatic rings. The second-order valence-electron chi connectivity index (χ2n) is 4.94. The van der Waals surface area contributed by atoms with Crippen LogP contribution in [-0.2, 0) is 0 Å². The van der Waals surface area contributed by atoms with Crippen molar-refractivity contribution in [3.05, 3.63) is 35.1 Å². The summed E-state index contributed by atoms with van der Waals surface area (Å²) in [6.07, 6.45) is -0.597. The molecule has 0 saturated heterocycles. The van der Waals surface area contributed by atoms with Gasteiger partial charge < -0.3 is 5.11 Å². The van der Waals surface area contributed by atoms with Crippen LogP contribution in [0.2, 0.25) is 0 Å². The van der Waals surface area contributed by atoms with Gasteiger partial charge in [-0.2, -0.15) is 11.8 Å². The van der Waals surface area contributed by atoms with E-state index >= 15 is 0 Å². The average molecular weight is 242 g/mol. The summed E-state index contributed by atoms with van der Waals surface area (Å²) in [6, 6.07) is 4.54. The number of aryl methyl sites for hydroxylation is 1.